The average Bonchev–Trinajstić information content (AvgIpc) is 3.39. The molecule has 0 spiro atoms. The Hall–Kier alpha value is -2.88. The zero-order chi connectivity index (χ0) is 24.5. The third-order valence-electron chi connectivity index (χ3n) is 8.98. The Kier molecular flexibility index (Phi) is 5.21. The normalized spacial score (nSPS) is 33.5. The summed E-state index contributed by atoms with van der Waals surface area (Å²) in [7, 11) is 0. The molecule has 4 saturated carbocycles. The number of nitrogens with two attached hydrogens (primary N) is 1. The van der Waals surface area contributed by atoms with Crippen molar-refractivity contribution in [1.29, 1.82) is 0 Å². The van der Waals surface area contributed by atoms with Gasteiger partial charge in [0.05, 0.1) is 35.6 Å². The molecule has 4 bridgehead atoms. The summed E-state index contributed by atoms with van der Waals surface area (Å²) in [5, 5.41) is 9.39. The first kappa shape index (κ1) is 22.6. The first-order valence-corrected chi connectivity index (χ1v) is 12.6. The zero-order valence-electron chi connectivity index (χ0n) is 19.6. The smallest absolute Gasteiger partial charge is 0.410 e. The minimum absolute atomic E-state index is 0.0719. The van der Waals surface area contributed by atoms with Gasteiger partial charge in [-0.3, -0.25) is 13.9 Å². The number of aliphatic hydroxyl groups is 1. The summed E-state index contributed by atoms with van der Waals surface area (Å²) in [5.74, 6) is 0.163. The lowest BCUT2D eigenvalue weighted by molar-refractivity contribution is -0.161. The number of carbonyl (C=O) groups excluding carboxylic acids is 2. The van der Waals surface area contributed by atoms with Crippen LogP contribution in [-0.4, -0.2) is 56.9 Å². The van der Waals surface area contributed by atoms with E-state index in [1.54, 1.807) is 15.5 Å². The second-order valence-corrected chi connectivity index (χ2v) is 11.0. The quantitative estimate of drug-likeness (QED) is 0.670. The van der Waals surface area contributed by atoms with E-state index in [1.807, 2.05) is 0 Å². The number of ether oxygens (including phenoxy) is 1. The largest absolute Gasteiger partial charge is 0.446 e. The van der Waals surface area contributed by atoms with Gasteiger partial charge in [-0.15, -0.1) is 0 Å². The van der Waals surface area contributed by atoms with Gasteiger partial charge >= 0.3 is 11.8 Å². The molecule has 5 fully saturated rings. The summed E-state index contributed by atoms with van der Waals surface area (Å²) in [6, 6.07) is 3.92. The number of imidazole rings is 1. The number of halogens is 1. The Bertz CT molecular complexity index is 1240. The molecule has 2 heterocycles. The Morgan fingerprint density at radius 2 is 1.91 bits per heavy atom. The maximum Gasteiger partial charge on any atom is 0.410 e. The first-order chi connectivity index (χ1) is 16.8. The lowest BCUT2D eigenvalue weighted by Crippen LogP contribution is -2.59. The maximum absolute atomic E-state index is 13.9. The van der Waals surface area contributed by atoms with Gasteiger partial charge in [0.2, 0.25) is 5.91 Å². The minimum atomic E-state index is -0.452. The molecule has 3 N–H and O–H groups in total. The van der Waals surface area contributed by atoms with Crippen LogP contribution in [0, 0.1) is 29.0 Å². The first-order valence-electron chi connectivity index (χ1n) is 12.6. The van der Waals surface area contributed by atoms with Gasteiger partial charge in [-0.2, -0.15) is 0 Å². The van der Waals surface area contributed by atoms with Crippen molar-refractivity contribution < 1.29 is 23.8 Å². The molecule has 2 amide bonds. The van der Waals surface area contributed by atoms with Gasteiger partial charge in [0.25, 0.3) is 0 Å². The standard InChI is InChI=1S/C25H31FN4O5/c26-17-1-2-19-20(9-17)29(5-6-31)23(33)30(19)18-3-4-28(13-18)24(34)35-21-15-7-14-8-16(21)12-25(10-14,11-15)22(27)32/h1-2,9,14-16,18,21,31H,3-8,10-13H2,(H2,27,32)/t14?,15-,16?,18-,21?,25?/m0/s1. The molecule has 6 atom stereocenters. The number of nitrogens with zero attached hydrogens (tertiary/aromatic N) is 3. The number of primary amides is 1. The number of rotatable bonds is 5. The van der Waals surface area contributed by atoms with Crippen LogP contribution in [0.5, 0.6) is 0 Å². The molecule has 5 aliphatic rings. The number of amides is 2. The van der Waals surface area contributed by atoms with Crippen LogP contribution in [0.2, 0.25) is 0 Å². The molecule has 4 unspecified atom stereocenters. The fraction of sp³-hybridized carbons (Fsp3) is 0.640. The average molecular weight is 487 g/mol. The van der Waals surface area contributed by atoms with Crippen molar-refractivity contribution in [2.45, 2.75) is 57.2 Å². The summed E-state index contributed by atoms with van der Waals surface area (Å²) in [4.78, 5) is 40.1. The van der Waals surface area contributed by atoms with Crippen LogP contribution in [0.15, 0.2) is 23.0 Å². The highest BCUT2D eigenvalue weighted by Crippen LogP contribution is 2.60. The number of hydrogen-bond donors (Lipinski definition) is 2. The molecule has 10 heteroatoms. The molecule has 188 valence electrons. The molecule has 35 heavy (non-hydrogen) atoms. The van der Waals surface area contributed by atoms with E-state index in [2.05, 4.69) is 0 Å². The molecule has 1 aliphatic heterocycles. The monoisotopic (exact) mass is 486 g/mol. The highest BCUT2D eigenvalue weighted by Gasteiger charge is 2.59. The van der Waals surface area contributed by atoms with Gasteiger partial charge in [-0.25, -0.2) is 14.0 Å². The minimum Gasteiger partial charge on any atom is -0.446 e. The van der Waals surface area contributed by atoms with Crippen molar-refractivity contribution in [1.82, 2.24) is 14.0 Å². The van der Waals surface area contributed by atoms with Gasteiger partial charge in [0.15, 0.2) is 0 Å². The van der Waals surface area contributed by atoms with Gasteiger partial charge in [-0.1, -0.05) is 0 Å². The van der Waals surface area contributed by atoms with Gasteiger partial charge in [-0.05, 0) is 74.5 Å². The molecule has 1 aromatic carbocycles. The number of hydrogen-bond acceptors (Lipinski definition) is 5. The number of likely N-dealkylation sites (tertiary alicyclic amines) is 1. The summed E-state index contributed by atoms with van der Waals surface area (Å²) in [6.07, 6.45) is 4.23. The lowest BCUT2D eigenvalue weighted by Gasteiger charge is -2.58. The van der Waals surface area contributed by atoms with Crippen LogP contribution in [0.4, 0.5) is 9.18 Å². The Labute approximate surface area is 201 Å². The van der Waals surface area contributed by atoms with Crippen LogP contribution in [0.3, 0.4) is 0 Å². The zero-order valence-corrected chi connectivity index (χ0v) is 19.6. The third kappa shape index (κ3) is 3.48. The van der Waals surface area contributed by atoms with E-state index in [0.717, 1.165) is 19.3 Å². The van der Waals surface area contributed by atoms with Crippen molar-refractivity contribution in [3.8, 4) is 0 Å². The predicted octanol–water partition coefficient (Wildman–Crippen LogP) is 2.00. The topological polar surface area (TPSA) is 120 Å². The van der Waals surface area contributed by atoms with Crippen molar-refractivity contribution in [3.05, 3.63) is 34.5 Å². The molecule has 1 aromatic heterocycles. The second-order valence-electron chi connectivity index (χ2n) is 11.0. The third-order valence-corrected chi connectivity index (χ3v) is 8.98. The van der Waals surface area contributed by atoms with E-state index in [9.17, 15) is 23.9 Å². The molecule has 1 saturated heterocycles. The summed E-state index contributed by atoms with van der Waals surface area (Å²) >= 11 is 0. The van der Waals surface area contributed by atoms with Crippen LogP contribution in [-0.2, 0) is 16.1 Å². The number of aliphatic hydroxyl groups excluding tert-OH is 1. The fourth-order valence-electron chi connectivity index (χ4n) is 7.70. The van der Waals surface area contributed by atoms with E-state index in [0.29, 0.717) is 49.3 Å². The molecule has 4 aliphatic carbocycles. The Balaban J connectivity index is 1.19. The van der Waals surface area contributed by atoms with Crippen molar-refractivity contribution in [2.24, 2.45) is 28.9 Å². The maximum atomic E-state index is 13.9. The summed E-state index contributed by atoms with van der Waals surface area (Å²) < 4.78 is 22.9. The van der Waals surface area contributed by atoms with Crippen molar-refractivity contribution in [3.63, 3.8) is 0 Å². The number of carbonyl (C=O) groups is 2. The number of benzene rings is 1. The molecule has 2 aromatic rings. The lowest BCUT2D eigenvalue weighted by atomic mass is 9.48. The van der Waals surface area contributed by atoms with E-state index >= 15 is 0 Å². The second kappa shape index (κ2) is 8.08. The van der Waals surface area contributed by atoms with E-state index in [4.69, 9.17) is 10.5 Å². The molecule has 9 nitrogen and oxygen atoms in total. The molecule has 7 rings (SSSR count). The Morgan fingerprint density at radius 1 is 1.17 bits per heavy atom. The van der Waals surface area contributed by atoms with Crippen molar-refractivity contribution in [2.75, 3.05) is 19.7 Å². The van der Waals surface area contributed by atoms with Crippen LogP contribution >= 0.6 is 0 Å². The van der Waals surface area contributed by atoms with E-state index in [-0.39, 0.29) is 54.8 Å². The van der Waals surface area contributed by atoms with Gasteiger partial charge in [0, 0.05) is 13.1 Å². The van der Waals surface area contributed by atoms with E-state index < -0.39 is 11.2 Å². The SMILES string of the molecule is NC(=O)C12CC3CC(C1)C(OC(=O)N1CC[C@H](n4c(=O)n(CCO)c5cc(F)ccc54)C1)[C@@H](C3)C2. The van der Waals surface area contributed by atoms with E-state index in [1.165, 1.54) is 16.7 Å². The number of aromatic nitrogens is 2. The van der Waals surface area contributed by atoms with Gasteiger partial charge < -0.3 is 20.5 Å². The Morgan fingerprint density at radius 3 is 2.60 bits per heavy atom. The van der Waals surface area contributed by atoms with Crippen LogP contribution < -0.4 is 11.4 Å². The fourth-order valence-corrected chi connectivity index (χ4v) is 7.70. The van der Waals surface area contributed by atoms with Crippen LogP contribution in [0.1, 0.15) is 44.6 Å². The summed E-state index contributed by atoms with van der Waals surface area (Å²) in [6.45, 7) is 0.618. The highest BCUT2D eigenvalue weighted by molar-refractivity contribution is 5.81. The molecular formula is C25H31FN4O5. The highest BCUT2D eigenvalue weighted by atomic mass is 19.1. The van der Waals surface area contributed by atoms with Crippen LogP contribution in [0.25, 0.3) is 11.0 Å². The van der Waals surface area contributed by atoms with Crippen molar-refractivity contribution >= 4 is 23.0 Å². The van der Waals surface area contributed by atoms with Gasteiger partial charge in [0.1, 0.15) is 11.9 Å². The number of fused-ring (bicyclic) bond motifs is 1. The molecular weight excluding hydrogens is 455 g/mol. The predicted molar refractivity (Wildman–Crippen MR) is 124 cm³/mol. The molecule has 0 radical (unpaired) electrons. The summed E-state index contributed by atoms with van der Waals surface area (Å²) in [5.41, 5.74) is 6.04.